The summed E-state index contributed by atoms with van der Waals surface area (Å²) in [5.74, 6) is -1.13. The number of carbonyl (C=O) groups is 1. The minimum atomic E-state index is -0.577. The van der Waals surface area contributed by atoms with Gasteiger partial charge in [-0.1, -0.05) is 29.3 Å². The summed E-state index contributed by atoms with van der Waals surface area (Å²) in [5, 5.41) is 18.1. The van der Waals surface area contributed by atoms with Gasteiger partial charge in [-0.3, -0.25) is 4.79 Å². The van der Waals surface area contributed by atoms with Crippen LogP contribution in [0, 0.1) is 17.1 Å². The molecule has 2 rings (SSSR count). The maximum absolute atomic E-state index is 13.7. The molecule has 0 spiro atoms. The third-order valence-corrected chi connectivity index (χ3v) is 3.05. The molecule has 0 fully saturated rings. The number of nitriles is 1. The van der Waals surface area contributed by atoms with Crippen molar-refractivity contribution in [2.45, 2.75) is 6.54 Å². The molecule has 8 heteroatoms. The van der Waals surface area contributed by atoms with Crippen molar-refractivity contribution in [3.63, 3.8) is 0 Å². The van der Waals surface area contributed by atoms with Crippen LogP contribution >= 0.6 is 23.2 Å². The summed E-state index contributed by atoms with van der Waals surface area (Å²) in [6.07, 6.45) is 0. The Labute approximate surface area is 129 Å². The molecule has 1 aromatic heterocycles. The standard InChI is InChI=1S/C13H7Cl2FN4O/c14-11-4-9(12(15)20-19-11)13(21)18-6-8-2-1-7(5-17)3-10(8)16/h1-4H,6H2,(H,18,21). The van der Waals surface area contributed by atoms with E-state index in [-0.39, 0.29) is 33.5 Å². The lowest BCUT2D eigenvalue weighted by atomic mass is 10.1. The Morgan fingerprint density at radius 3 is 2.76 bits per heavy atom. The van der Waals surface area contributed by atoms with Crippen LogP contribution in [0.4, 0.5) is 4.39 Å². The van der Waals surface area contributed by atoms with E-state index >= 15 is 0 Å². The number of amides is 1. The Balaban J connectivity index is 2.11. The first-order valence-electron chi connectivity index (χ1n) is 5.66. The molecule has 1 amide bonds. The number of benzene rings is 1. The molecule has 1 N–H and O–H groups in total. The van der Waals surface area contributed by atoms with E-state index in [0.717, 1.165) is 6.07 Å². The molecule has 0 radical (unpaired) electrons. The fourth-order valence-corrected chi connectivity index (χ4v) is 1.87. The van der Waals surface area contributed by atoms with Gasteiger partial charge in [0.1, 0.15) is 5.82 Å². The molecule has 0 atom stereocenters. The van der Waals surface area contributed by atoms with Crippen molar-refractivity contribution in [3.05, 3.63) is 57.1 Å². The molecule has 0 saturated carbocycles. The first-order chi connectivity index (χ1) is 10.0. The zero-order chi connectivity index (χ0) is 15.4. The van der Waals surface area contributed by atoms with Gasteiger partial charge in [0.2, 0.25) is 0 Å². The summed E-state index contributed by atoms with van der Waals surface area (Å²) >= 11 is 11.4. The van der Waals surface area contributed by atoms with E-state index in [9.17, 15) is 9.18 Å². The molecule has 0 unspecified atom stereocenters. The van der Waals surface area contributed by atoms with E-state index in [4.69, 9.17) is 28.5 Å². The average Bonchev–Trinajstić information content (AvgIpc) is 2.48. The van der Waals surface area contributed by atoms with E-state index < -0.39 is 11.7 Å². The SMILES string of the molecule is N#Cc1ccc(CNC(=O)c2cc(Cl)nnc2Cl)c(F)c1. The highest BCUT2D eigenvalue weighted by molar-refractivity contribution is 6.34. The number of nitrogens with one attached hydrogen (secondary N) is 1. The van der Waals surface area contributed by atoms with E-state index in [0.29, 0.717) is 0 Å². The second-order valence-electron chi connectivity index (χ2n) is 3.97. The highest BCUT2D eigenvalue weighted by Crippen LogP contribution is 2.16. The highest BCUT2D eigenvalue weighted by Gasteiger charge is 2.13. The molecule has 0 saturated heterocycles. The van der Waals surface area contributed by atoms with Crippen molar-refractivity contribution in [1.29, 1.82) is 5.26 Å². The molecule has 0 aliphatic carbocycles. The second-order valence-corrected chi connectivity index (χ2v) is 4.72. The predicted molar refractivity (Wildman–Crippen MR) is 74.3 cm³/mol. The zero-order valence-electron chi connectivity index (χ0n) is 10.4. The molecule has 1 aromatic carbocycles. The molecular weight excluding hydrogens is 318 g/mol. The van der Waals surface area contributed by atoms with Gasteiger partial charge in [-0.05, 0) is 18.2 Å². The molecule has 5 nitrogen and oxygen atoms in total. The van der Waals surface area contributed by atoms with Gasteiger partial charge in [-0.25, -0.2) is 4.39 Å². The van der Waals surface area contributed by atoms with Gasteiger partial charge in [0.05, 0.1) is 17.2 Å². The summed E-state index contributed by atoms with van der Waals surface area (Å²) in [4.78, 5) is 11.9. The third kappa shape index (κ3) is 3.66. The van der Waals surface area contributed by atoms with E-state index in [2.05, 4.69) is 15.5 Å². The van der Waals surface area contributed by atoms with Crippen molar-refractivity contribution in [3.8, 4) is 6.07 Å². The van der Waals surface area contributed by atoms with E-state index in [1.54, 1.807) is 0 Å². The summed E-state index contributed by atoms with van der Waals surface area (Å²) in [5.41, 5.74) is 0.494. The Morgan fingerprint density at radius 2 is 2.10 bits per heavy atom. The van der Waals surface area contributed by atoms with Crippen LogP contribution in [0.15, 0.2) is 24.3 Å². The van der Waals surface area contributed by atoms with Crippen molar-refractivity contribution >= 4 is 29.1 Å². The lowest BCUT2D eigenvalue weighted by Gasteiger charge is -2.07. The molecule has 21 heavy (non-hydrogen) atoms. The Hall–Kier alpha value is -2.23. The maximum Gasteiger partial charge on any atom is 0.254 e. The lowest BCUT2D eigenvalue weighted by Crippen LogP contribution is -2.24. The molecular formula is C13H7Cl2FN4O. The van der Waals surface area contributed by atoms with Gasteiger partial charge in [0, 0.05) is 12.1 Å². The highest BCUT2D eigenvalue weighted by atomic mass is 35.5. The van der Waals surface area contributed by atoms with E-state index in [1.807, 2.05) is 6.07 Å². The van der Waals surface area contributed by atoms with Gasteiger partial charge in [0.25, 0.3) is 5.91 Å². The molecule has 0 bridgehead atoms. The van der Waals surface area contributed by atoms with Crippen molar-refractivity contribution < 1.29 is 9.18 Å². The van der Waals surface area contributed by atoms with Crippen LogP contribution in [0.1, 0.15) is 21.5 Å². The number of hydrogen-bond acceptors (Lipinski definition) is 4. The summed E-state index contributed by atoms with van der Waals surface area (Å²) in [6, 6.07) is 7.07. The number of halogens is 3. The lowest BCUT2D eigenvalue weighted by molar-refractivity contribution is 0.0950. The molecule has 2 aromatic rings. The summed E-state index contributed by atoms with van der Waals surface area (Å²) < 4.78 is 13.7. The van der Waals surface area contributed by atoms with Crippen LogP contribution in [0.3, 0.4) is 0 Å². The second kappa shape index (κ2) is 6.48. The smallest absolute Gasteiger partial charge is 0.254 e. The molecule has 0 aliphatic rings. The van der Waals surface area contributed by atoms with Crippen molar-refractivity contribution in [2.75, 3.05) is 0 Å². The van der Waals surface area contributed by atoms with Crippen LogP contribution < -0.4 is 5.32 Å². The van der Waals surface area contributed by atoms with Gasteiger partial charge < -0.3 is 5.32 Å². The van der Waals surface area contributed by atoms with Gasteiger partial charge >= 0.3 is 0 Å². The molecule has 1 heterocycles. The molecule has 106 valence electrons. The maximum atomic E-state index is 13.7. The number of aromatic nitrogens is 2. The minimum absolute atomic E-state index is 0.0223. The van der Waals surface area contributed by atoms with Crippen LogP contribution in [0.5, 0.6) is 0 Å². The Bertz CT molecular complexity index is 745. The number of hydrogen-bond donors (Lipinski definition) is 1. The quantitative estimate of drug-likeness (QED) is 0.941. The van der Waals surface area contributed by atoms with Crippen LogP contribution in [-0.4, -0.2) is 16.1 Å². The number of nitrogens with zero attached hydrogens (tertiary/aromatic N) is 3. The third-order valence-electron chi connectivity index (χ3n) is 2.59. The van der Waals surface area contributed by atoms with Crippen LogP contribution in [0.25, 0.3) is 0 Å². The van der Waals surface area contributed by atoms with Gasteiger partial charge in [0.15, 0.2) is 10.3 Å². The number of carbonyl (C=O) groups excluding carboxylic acids is 1. The fraction of sp³-hybridized carbons (Fsp3) is 0.0769. The van der Waals surface area contributed by atoms with Crippen LogP contribution in [-0.2, 0) is 6.54 Å². The van der Waals surface area contributed by atoms with Gasteiger partial charge in [-0.15, -0.1) is 10.2 Å². The largest absolute Gasteiger partial charge is 0.348 e. The minimum Gasteiger partial charge on any atom is -0.348 e. The summed E-state index contributed by atoms with van der Waals surface area (Å²) in [6.45, 7) is -0.0629. The summed E-state index contributed by atoms with van der Waals surface area (Å²) in [7, 11) is 0. The van der Waals surface area contributed by atoms with Crippen LogP contribution in [0.2, 0.25) is 10.3 Å². The number of rotatable bonds is 3. The zero-order valence-corrected chi connectivity index (χ0v) is 11.9. The van der Waals surface area contributed by atoms with Crippen molar-refractivity contribution in [1.82, 2.24) is 15.5 Å². The van der Waals surface area contributed by atoms with Gasteiger partial charge in [-0.2, -0.15) is 5.26 Å². The van der Waals surface area contributed by atoms with E-state index in [1.165, 1.54) is 18.2 Å². The predicted octanol–water partition coefficient (Wildman–Crippen LogP) is 2.72. The average molecular weight is 325 g/mol. The first kappa shape index (κ1) is 15.2. The molecule has 0 aliphatic heterocycles. The fourth-order valence-electron chi connectivity index (χ4n) is 1.54. The Morgan fingerprint density at radius 1 is 1.33 bits per heavy atom. The Kier molecular flexibility index (Phi) is 4.68. The normalized spacial score (nSPS) is 10.0. The monoisotopic (exact) mass is 324 g/mol. The topological polar surface area (TPSA) is 78.7 Å². The van der Waals surface area contributed by atoms with Crippen molar-refractivity contribution in [2.24, 2.45) is 0 Å². The first-order valence-corrected chi connectivity index (χ1v) is 6.42.